The second kappa shape index (κ2) is 3.56. The Hall–Kier alpha value is -0.730. The maximum atomic E-state index is 11.4. The molecule has 2 heterocycles. The maximum absolute atomic E-state index is 11.4. The zero-order chi connectivity index (χ0) is 9.26. The van der Waals surface area contributed by atoms with E-state index in [-0.39, 0.29) is 24.4 Å². The van der Waals surface area contributed by atoms with Crippen LogP contribution in [0.5, 0.6) is 0 Å². The van der Waals surface area contributed by atoms with Crippen molar-refractivity contribution in [3.8, 4) is 0 Å². The van der Waals surface area contributed by atoms with Crippen molar-refractivity contribution in [1.29, 1.82) is 0 Å². The Morgan fingerprint density at radius 1 is 1.38 bits per heavy atom. The molecule has 74 valence electrons. The summed E-state index contributed by atoms with van der Waals surface area (Å²) in [5.74, 6) is 5.17. The van der Waals surface area contributed by atoms with E-state index >= 15 is 0 Å². The van der Waals surface area contributed by atoms with E-state index in [4.69, 9.17) is 5.84 Å². The van der Waals surface area contributed by atoms with Gasteiger partial charge in [0.15, 0.2) is 0 Å². The molecule has 13 heavy (non-hydrogen) atoms. The first kappa shape index (κ1) is 8.85. The summed E-state index contributed by atoms with van der Waals surface area (Å²) in [7, 11) is 0. The molecule has 0 aromatic carbocycles. The number of carbonyl (C=O) groups is 1. The highest BCUT2D eigenvalue weighted by atomic mass is 16.2. The number of hydrazine groups is 1. The molecule has 3 unspecified atom stereocenters. The van der Waals surface area contributed by atoms with Crippen LogP contribution >= 0.6 is 0 Å². The first-order valence-corrected chi connectivity index (χ1v) is 4.30. The predicted molar refractivity (Wildman–Crippen MR) is 46.0 cm³/mol. The van der Waals surface area contributed by atoms with Crippen molar-refractivity contribution in [3.63, 3.8) is 0 Å². The third-order valence-corrected chi connectivity index (χ3v) is 2.27. The molecule has 2 aliphatic rings. The number of nitrogens with one attached hydrogen (secondary N) is 5. The fourth-order valence-electron chi connectivity index (χ4n) is 1.63. The number of hydrogen-bond acceptors (Lipinski definition) is 6. The van der Waals surface area contributed by atoms with E-state index in [1.54, 1.807) is 0 Å². The van der Waals surface area contributed by atoms with Gasteiger partial charge in [-0.15, -0.1) is 0 Å². The summed E-state index contributed by atoms with van der Waals surface area (Å²) in [5, 5.41) is 12.1. The van der Waals surface area contributed by atoms with Crippen LogP contribution in [0.2, 0.25) is 0 Å². The number of rotatable bonds is 1. The Morgan fingerprint density at radius 3 is 2.92 bits per heavy atom. The third kappa shape index (κ3) is 1.64. The Labute approximate surface area is 75.8 Å². The molecule has 0 radical (unpaired) electrons. The molecule has 0 bridgehead atoms. The lowest BCUT2D eigenvalue weighted by molar-refractivity contribution is -0.128. The Kier molecular flexibility index (Phi) is 2.42. The summed E-state index contributed by atoms with van der Waals surface area (Å²) in [6.07, 6.45) is -0.412. The van der Waals surface area contributed by atoms with Gasteiger partial charge < -0.3 is 10.6 Å². The number of nitrogens with two attached hydrogens (primary N) is 1. The van der Waals surface area contributed by atoms with E-state index < -0.39 is 0 Å². The van der Waals surface area contributed by atoms with E-state index in [9.17, 15) is 4.79 Å². The summed E-state index contributed by atoms with van der Waals surface area (Å²) < 4.78 is 0. The number of fused-ring (bicyclic) bond motifs is 1. The number of piperazine rings is 1. The molecule has 1 amide bonds. The molecule has 0 aromatic heterocycles. The van der Waals surface area contributed by atoms with Crippen molar-refractivity contribution in [2.75, 3.05) is 13.1 Å². The molecular formula is C6H14N6O. The van der Waals surface area contributed by atoms with Crippen LogP contribution in [0.25, 0.3) is 0 Å². The molecule has 7 heteroatoms. The van der Waals surface area contributed by atoms with Crippen LogP contribution in [0.4, 0.5) is 0 Å². The van der Waals surface area contributed by atoms with E-state index in [0.29, 0.717) is 0 Å². The molecule has 3 atom stereocenters. The van der Waals surface area contributed by atoms with Crippen molar-refractivity contribution in [2.24, 2.45) is 5.84 Å². The van der Waals surface area contributed by atoms with Gasteiger partial charge >= 0.3 is 0 Å². The van der Waals surface area contributed by atoms with Crippen molar-refractivity contribution in [2.45, 2.75) is 18.5 Å². The smallest absolute Gasteiger partial charge is 0.242 e. The molecule has 2 saturated heterocycles. The second-order valence-electron chi connectivity index (χ2n) is 3.14. The molecule has 7 nitrogen and oxygen atoms in total. The Morgan fingerprint density at radius 2 is 2.15 bits per heavy atom. The highest BCUT2D eigenvalue weighted by molar-refractivity contribution is 5.83. The minimum atomic E-state index is -0.360. The molecule has 2 rings (SSSR count). The number of carbonyl (C=O) groups excluding carboxylic acids is 1. The third-order valence-electron chi connectivity index (χ3n) is 2.27. The quantitative estimate of drug-likeness (QED) is 0.186. The van der Waals surface area contributed by atoms with Crippen LogP contribution in [0.15, 0.2) is 0 Å². The van der Waals surface area contributed by atoms with Gasteiger partial charge in [0.1, 0.15) is 12.3 Å². The molecule has 0 spiro atoms. The van der Waals surface area contributed by atoms with Crippen LogP contribution in [0, 0.1) is 0 Å². The minimum Gasteiger partial charge on any atom is -0.326 e. The standard InChI is InChI=1S/C6H14N6O/c7-12-6-10-4-3(5(13)11-6)8-1-2-9-4/h3-4,6,8-10,12H,1-2,7H2,(H,11,13). The molecule has 0 aliphatic carbocycles. The van der Waals surface area contributed by atoms with Crippen molar-refractivity contribution in [1.82, 2.24) is 26.7 Å². The SMILES string of the molecule is NNC1NC(=O)C2NCCNC2N1. The summed E-state index contributed by atoms with van der Waals surface area (Å²) in [6.45, 7) is 1.65. The topological polar surface area (TPSA) is 103 Å². The van der Waals surface area contributed by atoms with E-state index in [2.05, 4.69) is 26.7 Å². The van der Waals surface area contributed by atoms with Crippen LogP contribution in [0.1, 0.15) is 0 Å². The van der Waals surface area contributed by atoms with Crippen molar-refractivity contribution < 1.29 is 4.79 Å². The number of amides is 1. The van der Waals surface area contributed by atoms with Crippen molar-refractivity contribution >= 4 is 5.91 Å². The highest BCUT2D eigenvalue weighted by Crippen LogP contribution is 2.00. The van der Waals surface area contributed by atoms with Gasteiger partial charge in [-0.25, -0.2) is 5.43 Å². The Balaban J connectivity index is 2.03. The Bertz CT molecular complexity index is 209. The monoisotopic (exact) mass is 186 g/mol. The maximum Gasteiger partial charge on any atom is 0.242 e. The zero-order valence-corrected chi connectivity index (χ0v) is 7.13. The van der Waals surface area contributed by atoms with Crippen LogP contribution < -0.4 is 32.5 Å². The van der Waals surface area contributed by atoms with Gasteiger partial charge in [0, 0.05) is 13.1 Å². The molecule has 7 N–H and O–H groups in total. The summed E-state index contributed by atoms with van der Waals surface area (Å²) in [5.41, 5.74) is 2.46. The second-order valence-corrected chi connectivity index (χ2v) is 3.14. The van der Waals surface area contributed by atoms with Gasteiger partial charge in [0.05, 0.1) is 6.17 Å². The van der Waals surface area contributed by atoms with E-state index in [1.807, 2.05) is 0 Å². The van der Waals surface area contributed by atoms with Gasteiger partial charge in [0.2, 0.25) is 5.91 Å². The lowest BCUT2D eigenvalue weighted by atomic mass is 10.1. The molecule has 0 saturated carbocycles. The van der Waals surface area contributed by atoms with Crippen LogP contribution in [0.3, 0.4) is 0 Å². The predicted octanol–water partition coefficient (Wildman–Crippen LogP) is -3.66. The van der Waals surface area contributed by atoms with Crippen LogP contribution in [-0.4, -0.2) is 37.5 Å². The van der Waals surface area contributed by atoms with Gasteiger partial charge in [-0.3, -0.25) is 21.3 Å². The van der Waals surface area contributed by atoms with Crippen molar-refractivity contribution in [3.05, 3.63) is 0 Å². The average molecular weight is 186 g/mol. The van der Waals surface area contributed by atoms with Gasteiger partial charge in [0.25, 0.3) is 0 Å². The fourth-order valence-corrected chi connectivity index (χ4v) is 1.63. The molecule has 2 aliphatic heterocycles. The fraction of sp³-hybridized carbons (Fsp3) is 0.833. The van der Waals surface area contributed by atoms with Gasteiger partial charge in [-0.1, -0.05) is 0 Å². The summed E-state index contributed by atoms with van der Waals surface area (Å²) in [4.78, 5) is 11.4. The summed E-state index contributed by atoms with van der Waals surface area (Å²) in [6, 6.07) is -0.210. The lowest BCUT2D eigenvalue weighted by Gasteiger charge is -2.40. The zero-order valence-electron chi connectivity index (χ0n) is 7.13. The minimum absolute atomic E-state index is 0.0427. The van der Waals surface area contributed by atoms with Gasteiger partial charge in [-0.2, -0.15) is 0 Å². The normalized spacial score (nSPS) is 39.5. The summed E-state index contributed by atoms with van der Waals surface area (Å²) >= 11 is 0. The van der Waals surface area contributed by atoms with E-state index in [1.165, 1.54) is 0 Å². The first-order chi connectivity index (χ1) is 6.31. The largest absolute Gasteiger partial charge is 0.326 e. The molecule has 2 fully saturated rings. The molecule has 0 aromatic rings. The van der Waals surface area contributed by atoms with Gasteiger partial charge in [-0.05, 0) is 0 Å². The highest BCUT2D eigenvalue weighted by Gasteiger charge is 2.36. The number of hydrogen-bond donors (Lipinski definition) is 6. The first-order valence-electron chi connectivity index (χ1n) is 4.30. The molecular weight excluding hydrogens is 172 g/mol. The average Bonchev–Trinajstić information content (AvgIpc) is 2.18. The van der Waals surface area contributed by atoms with Crippen LogP contribution in [-0.2, 0) is 4.79 Å². The lowest BCUT2D eigenvalue weighted by Crippen LogP contribution is -2.77. The van der Waals surface area contributed by atoms with E-state index in [0.717, 1.165) is 13.1 Å².